The van der Waals surface area contributed by atoms with Gasteiger partial charge in [0.2, 0.25) is 10.0 Å². The first kappa shape index (κ1) is 22.1. The summed E-state index contributed by atoms with van der Waals surface area (Å²) in [5.74, 6) is -0.410. The molecule has 0 N–H and O–H groups in total. The van der Waals surface area contributed by atoms with Crippen molar-refractivity contribution in [1.82, 2.24) is 8.87 Å². The minimum absolute atomic E-state index is 0.152. The first-order valence-corrected chi connectivity index (χ1v) is 12.4. The largest absolute Gasteiger partial charge is 0.319 e. The number of hydrogen-bond donors (Lipinski definition) is 0. The SMILES string of the molecule is CCN(Cc1ccccc1)S(=O)(=O)c1ccc(C(=O)N=c2sc3ccccc3n2C)cc1. The summed E-state index contributed by atoms with van der Waals surface area (Å²) >= 11 is 1.43. The van der Waals surface area contributed by atoms with Crippen LogP contribution in [0.2, 0.25) is 0 Å². The second kappa shape index (κ2) is 9.20. The van der Waals surface area contributed by atoms with Gasteiger partial charge in [-0.15, -0.1) is 0 Å². The number of para-hydroxylation sites is 1. The Labute approximate surface area is 191 Å². The molecule has 8 heteroatoms. The Morgan fingerprint density at radius 2 is 1.62 bits per heavy atom. The van der Waals surface area contributed by atoms with E-state index in [1.807, 2.05) is 73.1 Å². The third-order valence-corrected chi connectivity index (χ3v) is 8.25. The Morgan fingerprint density at radius 3 is 2.28 bits per heavy atom. The van der Waals surface area contributed by atoms with Crippen molar-refractivity contribution >= 4 is 37.5 Å². The molecule has 4 rings (SSSR count). The van der Waals surface area contributed by atoms with Gasteiger partial charge in [0.1, 0.15) is 0 Å². The van der Waals surface area contributed by atoms with E-state index in [0.29, 0.717) is 16.9 Å². The highest BCUT2D eigenvalue weighted by Crippen LogP contribution is 2.20. The second-order valence-corrected chi connectivity index (χ2v) is 10.2. The minimum Gasteiger partial charge on any atom is -0.319 e. The number of aromatic nitrogens is 1. The van der Waals surface area contributed by atoms with E-state index in [4.69, 9.17) is 0 Å². The standard InChI is InChI=1S/C24H23N3O3S2/c1-3-27(17-18-9-5-4-6-10-18)32(29,30)20-15-13-19(14-16-20)23(28)25-24-26(2)21-11-7-8-12-22(21)31-24/h4-16H,3,17H2,1-2H3. The van der Waals surface area contributed by atoms with Crippen molar-refractivity contribution in [2.24, 2.45) is 12.0 Å². The lowest BCUT2D eigenvalue weighted by Crippen LogP contribution is -2.30. The van der Waals surface area contributed by atoms with Crippen LogP contribution in [-0.4, -0.2) is 29.7 Å². The lowest BCUT2D eigenvalue weighted by Gasteiger charge is -2.20. The lowest BCUT2D eigenvalue weighted by atomic mass is 10.2. The fourth-order valence-corrected chi connectivity index (χ4v) is 5.87. The van der Waals surface area contributed by atoms with Gasteiger partial charge >= 0.3 is 0 Å². The van der Waals surface area contributed by atoms with E-state index in [-0.39, 0.29) is 11.4 Å². The molecule has 0 aliphatic rings. The van der Waals surface area contributed by atoms with Gasteiger partial charge in [-0.25, -0.2) is 8.42 Å². The Bertz CT molecular complexity index is 1420. The van der Waals surface area contributed by atoms with Gasteiger partial charge in [0.05, 0.1) is 15.1 Å². The summed E-state index contributed by atoms with van der Waals surface area (Å²) in [5.41, 5.74) is 2.26. The van der Waals surface area contributed by atoms with E-state index in [9.17, 15) is 13.2 Å². The summed E-state index contributed by atoms with van der Waals surface area (Å²) in [6.45, 7) is 2.44. The van der Waals surface area contributed by atoms with Gasteiger partial charge in [0, 0.05) is 25.7 Å². The molecule has 0 spiro atoms. The number of hydrogen-bond acceptors (Lipinski definition) is 4. The quantitative estimate of drug-likeness (QED) is 0.429. The molecule has 6 nitrogen and oxygen atoms in total. The van der Waals surface area contributed by atoms with Crippen LogP contribution in [0, 0.1) is 0 Å². The maximum atomic E-state index is 13.1. The van der Waals surface area contributed by atoms with Gasteiger partial charge in [-0.2, -0.15) is 9.30 Å². The molecule has 0 aliphatic heterocycles. The van der Waals surface area contributed by atoms with E-state index in [1.54, 1.807) is 0 Å². The normalized spacial score (nSPS) is 12.5. The summed E-state index contributed by atoms with van der Waals surface area (Å²) in [5, 5.41) is 0. The van der Waals surface area contributed by atoms with Crippen LogP contribution in [0.3, 0.4) is 0 Å². The Morgan fingerprint density at radius 1 is 0.969 bits per heavy atom. The lowest BCUT2D eigenvalue weighted by molar-refractivity contribution is 0.0998. The summed E-state index contributed by atoms with van der Waals surface area (Å²) in [4.78, 5) is 17.7. The van der Waals surface area contributed by atoms with Crippen LogP contribution in [0.1, 0.15) is 22.8 Å². The zero-order valence-corrected chi connectivity index (χ0v) is 19.4. The van der Waals surface area contributed by atoms with Crippen LogP contribution in [0.15, 0.2) is 88.8 Å². The van der Waals surface area contributed by atoms with Crippen LogP contribution in [0.4, 0.5) is 0 Å². The molecule has 4 aromatic rings. The summed E-state index contributed by atoms with van der Waals surface area (Å²) < 4.78 is 30.5. The van der Waals surface area contributed by atoms with Crippen molar-refractivity contribution in [3.8, 4) is 0 Å². The van der Waals surface area contributed by atoms with E-state index in [2.05, 4.69) is 4.99 Å². The third kappa shape index (κ3) is 4.43. The second-order valence-electron chi connectivity index (χ2n) is 7.27. The van der Waals surface area contributed by atoms with Gasteiger partial charge in [-0.3, -0.25) is 4.79 Å². The Balaban J connectivity index is 1.59. The molecule has 1 heterocycles. The Kier molecular flexibility index (Phi) is 6.36. The zero-order valence-electron chi connectivity index (χ0n) is 17.8. The van der Waals surface area contributed by atoms with Crippen LogP contribution in [0.25, 0.3) is 10.2 Å². The number of benzene rings is 3. The highest BCUT2D eigenvalue weighted by Gasteiger charge is 2.23. The Hall–Kier alpha value is -3.07. The van der Waals surface area contributed by atoms with Crippen LogP contribution in [0.5, 0.6) is 0 Å². The van der Waals surface area contributed by atoms with Crippen molar-refractivity contribution in [2.45, 2.75) is 18.4 Å². The maximum absolute atomic E-state index is 13.1. The molecular formula is C24H23N3O3S2. The minimum atomic E-state index is -3.69. The first-order chi connectivity index (χ1) is 15.4. The molecule has 0 unspecified atom stereocenters. The topological polar surface area (TPSA) is 71.7 Å². The van der Waals surface area contributed by atoms with Gasteiger partial charge in [-0.05, 0) is 42.0 Å². The molecule has 32 heavy (non-hydrogen) atoms. The number of thiazole rings is 1. The van der Waals surface area contributed by atoms with Crippen molar-refractivity contribution in [1.29, 1.82) is 0 Å². The number of aryl methyl sites for hydroxylation is 1. The molecule has 164 valence electrons. The van der Waals surface area contributed by atoms with Crippen molar-refractivity contribution in [3.05, 3.63) is 94.8 Å². The molecule has 0 fully saturated rings. The molecule has 0 aliphatic carbocycles. The molecule has 0 atom stereocenters. The predicted molar refractivity (Wildman–Crippen MR) is 127 cm³/mol. The molecule has 1 amide bonds. The predicted octanol–water partition coefficient (Wildman–Crippen LogP) is 4.19. The fourth-order valence-electron chi connectivity index (χ4n) is 3.41. The van der Waals surface area contributed by atoms with E-state index >= 15 is 0 Å². The van der Waals surface area contributed by atoms with Gasteiger partial charge in [-0.1, -0.05) is 60.7 Å². The van der Waals surface area contributed by atoms with E-state index in [1.165, 1.54) is 39.9 Å². The van der Waals surface area contributed by atoms with Gasteiger partial charge in [0.25, 0.3) is 5.91 Å². The average Bonchev–Trinajstić information content (AvgIpc) is 3.13. The molecular weight excluding hydrogens is 442 g/mol. The number of rotatable bonds is 6. The van der Waals surface area contributed by atoms with Gasteiger partial charge < -0.3 is 4.57 Å². The van der Waals surface area contributed by atoms with Crippen molar-refractivity contribution in [3.63, 3.8) is 0 Å². The smallest absolute Gasteiger partial charge is 0.279 e. The molecule has 0 saturated carbocycles. The summed E-state index contributed by atoms with van der Waals surface area (Å²) in [6, 6.07) is 23.3. The number of fused-ring (bicyclic) bond motifs is 1. The average molecular weight is 466 g/mol. The van der Waals surface area contributed by atoms with Gasteiger partial charge in [0.15, 0.2) is 4.80 Å². The molecule has 1 aromatic heterocycles. The van der Waals surface area contributed by atoms with Crippen LogP contribution in [-0.2, 0) is 23.6 Å². The highest BCUT2D eigenvalue weighted by atomic mass is 32.2. The molecule has 3 aromatic carbocycles. The molecule has 0 saturated heterocycles. The van der Waals surface area contributed by atoms with Crippen molar-refractivity contribution < 1.29 is 13.2 Å². The number of sulfonamides is 1. The maximum Gasteiger partial charge on any atom is 0.279 e. The van der Waals surface area contributed by atoms with Crippen molar-refractivity contribution in [2.75, 3.05) is 6.54 Å². The zero-order chi connectivity index (χ0) is 22.7. The highest BCUT2D eigenvalue weighted by molar-refractivity contribution is 7.89. The van der Waals surface area contributed by atoms with Crippen LogP contribution >= 0.6 is 11.3 Å². The number of carbonyl (C=O) groups excluding carboxylic acids is 1. The van der Waals surface area contributed by atoms with E-state index in [0.717, 1.165) is 15.8 Å². The van der Waals surface area contributed by atoms with Crippen LogP contribution < -0.4 is 4.80 Å². The fraction of sp³-hybridized carbons (Fsp3) is 0.167. The number of nitrogens with zero attached hydrogens (tertiary/aromatic N) is 3. The number of amides is 1. The third-order valence-electron chi connectivity index (χ3n) is 5.21. The number of carbonyl (C=O) groups is 1. The van der Waals surface area contributed by atoms with E-state index < -0.39 is 15.9 Å². The molecule has 0 radical (unpaired) electrons. The summed E-state index contributed by atoms with van der Waals surface area (Å²) in [7, 11) is -1.82. The summed E-state index contributed by atoms with van der Waals surface area (Å²) in [6.07, 6.45) is 0. The molecule has 0 bridgehead atoms. The first-order valence-electron chi connectivity index (χ1n) is 10.2. The monoisotopic (exact) mass is 465 g/mol.